The number of amides is 1. The van der Waals surface area contributed by atoms with Crippen molar-refractivity contribution in [3.63, 3.8) is 0 Å². The summed E-state index contributed by atoms with van der Waals surface area (Å²) >= 11 is 0. The fraction of sp³-hybridized carbons (Fsp3) is 0.143. The summed E-state index contributed by atoms with van der Waals surface area (Å²) < 4.78 is 5.36. The summed E-state index contributed by atoms with van der Waals surface area (Å²) in [4.78, 5) is 22.0. The van der Waals surface area contributed by atoms with Crippen molar-refractivity contribution in [1.82, 2.24) is 5.43 Å². The fourth-order valence-electron chi connectivity index (χ4n) is 1.64. The number of non-ortho nitro benzene ring substituents is 1. The van der Waals surface area contributed by atoms with Crippen molar-refractivity contribution in [3.8, 4) is 0 Å². The largest absolute Gasteiger partial charge is 0.460 e. The molecule has 7 nitrogen and oxygen atoms in total. The summed E-state index contributed by atoms with van der Waals surface area (Å²) in [6, 6.07) is 8.96. The van der Waals surface area contributed by atoms with E-state index in [1.807, 2.05) is 0 Å². The molecule has 0 unspecified atom stereocenters. The van der Waals surface area contributed by atoms with Crippen molar-refractivity contribution >= 4 is 17.3 Å². The maximum atomic E-state index is 11.9. The van der Waals surface area contributed by atoms with E-state index < -0.39 is 10.8 Å². The summed E-state index contributed by atoms with van der Waals surface area (Å²) in [6.07, 6.45) is 0. The molecule has 0 aliphatic rings. The first-order valence-corrected chi connectivity index (χ1v) is 6.13. The molecule has 2 rings (SSSR count). The molecular weight excluding hydrogens is 274 g/mol. The number of hydrazone groups is 1. The Morgan fingerprint density at radius 1 is 1.33 bits per heavy atom. The first-order chi connectivity index (χ1) is 9.97. The molecule has 1 aromatic heterocycles. The van der Waals surface area contributed by atoms with Crippen molar-refractivity contribution in [3.05, 3.63) is 63.6 Å². The third-order valence-electron chi connectivity index (χ3n) is 2.74. The molecule has 0 bridgehead atoms. The molecular formula is C14H13N3O4. The number of hydrogen-bond donors (Lipinski definition) is 1. The average molecular weight is 287 g/mol. The lowest BCUT2D eigenvalue weighted by atomic mass is 10.2. The van der Waals surface area contributed by atoms with E-state index in [2.05, 4.69) is 10.5 Å². The second-order valence-electron chi connectivity index (χ2n) is 4.36. The van der Waals surface area contributed by atoms with Gasteiger partial charge in [0.1, 0.15) is 17.2 Å². The second-order valence-corrected chi connectivity index (χ2v) is 4.36. The maximum Gasteiger partial charge on any atom is 0.271 e. The molecule has 0 spiro atoms. The van der Waals surface area contributed by atoms with Gasteiger partial charge in [-0.05, 0) is 32.0 Å². The van der Waals surface area contributed by atoms with E-state index in [1.54, 1.807) is 26.0 Å². The minimum Gasteiger partial charge on any atom is -0.460 e. The molecule has 1 aromatic carbocycles. The molecule has 0 saturated heterocycles. The van der Waals surface area contributed by atoms with E-state index in [4.69, 9.17) is 4.42 Å². The number of hydrogen-bond acceptors (Lipinski definition) is 5. The molecule has 7 heteroatoms. The molecule has 1 heterocycles. The SMILES string of the molecule is C/C(=N\NC(=O)c1cccc([N+](=O)[O-])c1)c1ccc(C)o1. The standard InChI is InChI=1S/C14H13N3O4/c1-9-6-7-13(21-9)10(2)15-16-14(18)11-4-3-5-12(8-11)17(19)20/h3-8H,1-2H3,(H,16,18)/b15-10+. The van der Waals surface area contributed by atoms with Crippen LogP contribution in [0.5, 0.6) is 0 Å². The number of benzene rings is 1. The van der Waals surface area contributed by atoms with E-state index >= 15 is 0 Å². The predicted octanol–water partition coefficient (Wildman–Crippen LogP) is 2.65. The lowest BCUT2D eigenvalue weighted by molar-refractivity contribution is -0.384. The Kier molecular flexibility index (Phi) is 4.13. The molecule has 21 heavy (non-hydrogen) atoms. The van der Waals surface area contributed by atoms with E-state index in [-0.39, 0.29) is 11.3 Å². The Bertz CT molecular complexity index is 719. The number of carbonyl (C=O) groups is 1. The van der Waals surface area contributed by atoms with Gasteiger partial charge in [-0.1, -0.05) is 6.07 Å². The van der Waals surface area contributed by atoms with Crippen molar-refractivity contribution in [2.24, 2.45) is 5.10 Å². The average Bonchev–Trinajstić information content (AvgIpc) is 2.91. The van der Waals surface area contributed by atoms with Crippen molar-refractivity contribution in [2.75, 3.05) is 0 Å². The Hall–Kier alpha value is -2.96. The topological polar surface area (TPSA) is 97.7 Å². The van der Waals surface area contributed by atoms with Crippen LogP contribution in [-0.2, 0) is 0 Å². The van der Waals surface area contributed by atoms with Crippen LogP contribution in [0.3, 0.4) is 0 Å². The number of furan rings is 1. The van der Waals surface area contributed by atoms with Crippen LogP contribution in [-0.4, -0.2) is 16.5 Å². The summed E-state index contributed by atoms with van der Waals surface area (Å²) in [7, 11) is 0. The molecule has 0 atom stereocenters. The van der Waals surface area contributed by atoms with Crippen molar-refractivity contribution < 1.29 is 14.1 Å². The summed E-state index contributed by atoms with van der Waals surface area (Å²) in [6.45, 7) is 3.49. The third-order valence-corrected chi connectivity index (χ3v) is 2.74. The predicted molar refractivity (Wildman–Crippen MR) is 76.2 cm³/mol. The number of nitrogens with zero attached hydrogens (tertiary/aromatic N) is 2. The van der Waals surface area contributed by atoms with Crippen LogP contribution in [0, 0.1) is 17.0 Å². The molecule has 0 aliphatic carbocycles. The summed E-state index contributed by atoms with van der Waals surface area (Å²) in [5.41, 5.74) is 2.86. The van der Waals surface area contributed by atoms with Crippen LogP contribution in [0.4, 0.5) is 5.69 Å². The van der Waals surface area contributed by atoms with Gasteiger partial charge in [0.15, 0.2) is 0 Å². The maximum absolute atomic E-state index is 11.9. The molecule has 2 aromatic rings. The van der Waals surface area contributed by atoms with Gasteiger partial charge in [-0.15, -0.1) is 0 Å². The number of nitro benzene ring substituents is 1. The monoisotopic (exact) mass is 287 g/mol. The van der Waals surface area contributed by atoms with Gasteiger partial charge >= 0.3 is 0 Å². The van der Waals surface area contributed by atoms with Crippen molar-refractivity contribution in [2.45, 2.75) is 13.8 Å². The zero-order chi connectivity index (χ0) is 15.4. The highest BCUT2D eigenvalue weighted by Gasteiger charge is 2.11. The molecule has 0 saturated carbocycles. The quantitative estimate of drug-likeness (QED) is 0.531. The van der Waals surface area contributed by atoms with Gasteiger partial charge in [-0.2, -0.15) is 5.10 Å². The Morgan fingerprint density at radius 2 is 2.10 bits per heavy atom. The van der Waals surface area contributed by atoms with Crippen molar-refractivity contribution in [1.29, 1.82) is 0 Å². The molecule has 0 radical (unpaired) electrons. The van der Waals surface area contributed by atoms with Gasteiger partial charge in [0.25, 0.3) is 11.6 Å². The van der Waals surface area contributed by atoms with Gasteiger partial charge in [0.2, 0.25) is 0 Å². The number of nitrogens with one attached hydrogen (secondary N) is 1. The van der Waals surface area contributed by atoms with Gasteiger partial charge in [-0.3, -0.25) is 14.9 Å². The van der Waals surface area contributed by atoms with Crippen LogP contribution in [0.25, 0.3) is 0 Å². The Balaban J connectivity index is 2.11. The highest BCUT2D eigenvalue weighted by molar-refractivity contribution is 5.99. The lowest BCUT2D eigenvalue weighted by Gasteiger charge is -2.01. The minimum atomic E-state index is -0.559. The number of nitro groups is 1. The van der Waals surface area contributed by atoms with Crippen LogP contribution >= 0.6 is 0 Å². The van der Waals surface area contributed by atoms with Gasteiger partial charge in [-0.25, -0.2) is 5.43 Å². The van der Waals surface area contributed by atoms with Crippen LogP contribution < -0.4 is 5.43 Å². The van der Waals surface area contributed by atoms with E-state index in [9.17, 15) is 14.9 Å². The fourth-order valence-corrected chi connectivity index (χ4v) is 1.64. The third kappa shape index (κ3) is 3.53. The van der Waals surface area contributed by atoms with Crippen LogP contribution in [0.15, 0.2) is 45.9 Å². The van der Waals surface area contributed by atoms with Gasteiger partial charge < -0.3 is 4.42 Å². The van der Waals surface area contributed by atoms with Gasteiger partial charge in [0, 0.05) is 17.7 Å². The molecule has 0 aliphatic heterocycles. The van der Waals surface area contributed by atoms with Crippen LogP contribution in [0.1, 0.15) is 28.8 Å². The van der Waals surface area contributed by atoms with Gasteiger partial charge in [0.05, 0.1) is 4.92 Å². The molecule has 0 fully saturated rings. The second kappa shape index (κ2) is 6.00. The molecule has 1 amide bonds. The summed E-state index contributed by atoms with van der Waals surface area (Å²) in [5.74, 6) is 0.762. The first kappa shape index (κ1) is 14.4. The molecule has 1 N–H and O–H groups in total. The van der Waals surface area contributed by atoms with E-state index in [0.717, 1.165) is 5.76 Å². The zero-order valence-electron chi connectivity index (χ0n) is 11.5. The first-order valence-electron chi connectivity index (χ1n) is 6.13. The lowest BCUT2D eigenvalue weighted by Crippen LogP contribution is -2.19. The zero-order valence-corrected chi connectivity index (χ0v) is 11.5. The van der Waals surface area contributed by atoms with E-state index in [1.165, 1.54) is 24.3 Å². The Labute approximate surface area is 120 Å². The summed E-state index contributed by atoms with van der Waals surface area (Å²) in [5, 5.41) is 14.6. The number of carbonyl (C=O) groups excluding carboxylic acids is 1. The van der Waals surface area contributed by atoms with E-state index in [0.29, 0.717) is 11.5 Å². The highest BCUT2D eigenvalue weighted by Crippen LogP contribution is 2.13. The minimum absolute atomic E-state index is 0.148. The number of aryl methyl sites for hydroxylation is 1. The Morgan fingerprint density at radius 3 is 2.71 bits per heavy atom. The molecule has 108 valence electrons. The number of rotatable bonds is 4. The van der Waals surface area contributed by atoms with Crippen LogP contribution in [0.2, 0.25) is 0 Å². The normalized spacial score (nSPS) is 11.2. The highest BCUT2D eigenvalue weighted by atomic mass is 16.6. The smallest absolute Gasteiger partial charge is 0.271 e.